The molecule has 0 radical (unpaired) electrons. The number of hydrogen-bond acceptors (Lipinski definition) is 1. The van der Waals surface area contributed by atoms with E-state index in [4.69, 9.17) is 4.98 Å². The number of benzene rings is 9. The molecular formula is C49H29N3. The molecule has 52 heavy (non-hydrogen) atoms. The quantitative estimate of drug-likeness (QED) is 0.173. The first-order chi connectivity index (χ1) is 25.8. The fraction of sp³-hybridized carbons (Fsp3) is 0. The fourth-order valence-corrected chi connectivity index (χ4v) is 9.09. The predicted molar refractivity (Wildman–Crippen MR) is 220 cm³/mol. The topological polar surface area (TPSA) is 22.8 Å². The molecule has 0 aliphatic rings. The largest absolute Gasteiger partial charge is 0.309 e. The Bertz CT molecular complexity index is 3400. The van der Waals surface area contributed by atoms with Crippen LogP contribution >= 0.6 is 0 Å². The van der Waals surface area contributed by atoms with Gasteiger partial charge in [-0.25, -0.2) is 4.98 Å². The van der Waals surface area contributed by atoms with Gasteiger partial charge in [-0.15, -0.1) is 0 Å². The van der Waals surface area contributed by atoms with Gasteiger partial charge in [0.25, 0.3) is 0 Å². The van der Waals surface area contributed by atoms with Crippen molar-refractivity contribution in [2.24, 2.45) is 0 Å². The molecule has 9 aromatic carbocycles. The van der Waals surface area contributed by atoms with Gasteiger partial charge in [0, 0.05) is 44.2 Å². The summed E-state index contributed by atoms with van der Waals surface area (Å²) in [5.41, 5.74) is 8.38. The molecule has 3 aromatic heterocycles. The van der Waals surface area contributed by atoms with Gasteiger partial charge in [0.05, 0.1) is 22.1 Å². The second-order valence-corrected chi connectivity index (χ2v) is 13.9. The Morgan fingerprint density at radius 3 is 1.92 bits per heavy atom. The predicted octanol–water partition coefficient (Wildman–Crippen LogP) is 13.0. The van der Waals surface area contributed by atoms with Crippen LogP contribution in [0.3, 0.4) is 0 Å². The Hall–Kier alpha value is -6.97. The summed E-state index contributed by atoms with van der Waals surface area (Å²) in [6, 6.07) is 62.1. The van der Waals surface area contributed by atoms with Gasteiger partial charge in [-0.3, -0.25) is 4.57 Å². The van der Waals surface area contributed by atoms with Crippen molar-refractivity contribution in [3.05, 3.63) is 176 Å². The second-order valence-electron chi connectivity index (χ2n) is 13.9. The Balaban J connectivity index is 1.23. The minimum atomic E-state index is 0.931. The van der Waals surface area contributed by atoms with Crippen LogP contribution in [0.25, 0.3) is 109 Å². The average Bonchev–Trinajstić information content (AvgIpc) is 3.73. The van der Waals surface area contributed by atoms with Crippen LogP contribution in [0.2, 0.25) is 0 Å². The number of nitrogens with zero attached hydrogens (tertiary/aromatic N) is 3. The van der Waals surface area contributed by atoms with Crippen LogP contribution in [0.4, 0.5) is 0 Å². The highest BCUT2D eigenvalue weighted by Crippen LogP contribution is 2.49. The molecule has 0 N–H and O–H groups in total. The van der Waals surface area contributed by atoms with Crippen LogP contribution in [0, 0.1) is 0 Å². The van der Waals surface area contributed by atoms with Crippen LogP contribution in [0.5, 0.6) is 0 Å². The minimum absolute atomic E-state index is 0.931. The Morgan fingerprint density at radius 2 is 1.02 bits per heavy atom. The zero-order chi connectivity index (χ0) is 33.9. The van der Waals surface area contributed by atoms with Crippen molar-refractivity contribution < 1.29 is 0 Å². The maximum absolute atomic E-state index is 5.06. The number of pyridine rings is 1. The first kappa shape index (κ1) is 27.8. The van der Waals surface area contributed by atoms with Crippen molar-refractivity contribution in [2.45, 2.75) is 0 Å². The zero-order valence-corrected chi connectivity index (χ0v) is 28.1. The molecule has 0 fully saturated rings. The van der Waals surface area contributed by atoms with Gasteiger partial charge in [-0.05, 0) is 92.0 Å². The van der Waals surface area contributed by atoms with E-state index in [1.807, 2.05) is 6.20 Å². The molecule has 0 atom stereocenters. The van der Waals surface area contributed by atoms with Gasteiger partial charge < -0.3 is 4.57 Å². The lowest BCUT2D eigenvalue weighted by molar-refractivity contribution is 1.09. The molecular weight excluding hydrogens is 631 g/mol. The van der Waals surface area contributed by atoms with Crippen LogP contribution < -0.4 is 0 Å². The molecule has 0 saturated heterocycles. The summed E-state index contributed by atoms with van der Waals surface area (Å²) >= 11 is 0. The van der Waals surface area contributed by atoms with Crippen molar-refractivity contribution in [3.8, 4) is 22.6 Å². The molecule has 0 amide bonds. The molecule has 12 aromatic rings. The van der Waals surface area contributed by atoms with Crippen molar-refractivity contribution in [3.63, 3.8) is 0 Å². The number of aromatic nitrogens is 3. The Morgan fingerprint density at radius 1 is 0.346 bits per heavy atom. The molecule has 0 aliphatic heterocycles. The zero-order valence-electron chi connectivity index (χ0n) is 28.1. The highest BCUT2D eigenvalue weighted by molar-refractivity contribution is 6.40. The summed E-state index contributed by atoms with van der Waals surface area (Å²) < 4.78 is 4.76. The third-order valence-electron chi connectivity index (χ3n) is 11.3. The molecule has 3 heterocycles. The standard InChI is InChI=1S/C49H29N3/c1-2-14-34(15-3-1)51-41-19-9-8-17-37(41)40-27-32(22-25-42(40)51)36-24-26-44-49-47(36)39-23-21-30-11-6-7-16-35(30)46(39)38-18-10-20-43(48(38)49)52(44)45-28-31-12-4-5-13-33(31)29-50-45/h1-29H. The van der Waals surface area contributed by atoms with E-state index < -0.39 is 0 Å². The molecule has 0 spiro atoms. The van der Waals surface area contributed by atoms with Crippen LogP contribution in [-0.4, -0.2) is 14.1 Å². The smallest absolute Gasteiger partial charge is 0.138 e. The van der Waals surface area contributed by atoms with E-state index in [0.717, 1.165) is 11.2 Å². The Kier molecular flexibility index (Phi) is 5.50. The molecule has 0 bridgehead atoms. The molecule has 3 heteroatoms. The van der Waals surface area contributed by atoms with Crippen LogP contribution in [0.1, 0.15) is 0 Å². The maximum Gasteiger partial charge on any atom is 0.138 e. The maximum atomic E-state index is 5.06. The van der Waals surface area contributed by atoms with E-state index >= 15 is 0 Å². The summed E-state index contributed by atoms with van der Waals surface area (Å²) in [4.78, 5) is 5.06. The van der Waals surface area contributed by atoms with Gasteiger partial charge in [0.15, 0.2) is 0 Å². The number of para-hydroxylation sites is 2. The van der Waals surface area contributed by atoms with E-state index in [1.165, 1.54) is 98.1 Å². The molecule has 240 valence electrons. The minimum Gasteiger partial charge on any atom is -0.309 e. The third kappa shape index (κ3) is 3.66. The van der Waals surface area contributed by atoms with Gasteiger partial charge in [-0.1, -0.05) is 121 Å². The van der Waals surface area contributed by atoms with Crippen molar-refractivity contribution in [2.75, 3.05) is 0 Å². The van der Waals surface area contributed by atoms with E-state index in [1.54, 1.807) is 0 Å². The van der Waals surface area contributed by atoms with Gasteiger partial charge in [0.1, 0.15) is 5.82 Å². The summed E-state index contributed by atoms with van der Waals surface area (Å²) in [5.74, 6) is 0.931. The van der Waals surface area contributed by atoms with Gasteiger partial charge >= 0.3 is 0 Å². The summed E-state index contributed by atoms with van der Waals surface area (Å²) in [7, 11) is 0. The molecule has 0 unspecified atom stereocenters. The monoisotopic (exact) mass is 659 g/mol. The molecule has 0 aliphatic carbocycles. The molecule has 0 saturated carbocycles. The number of fused-ring (bicyclic) bond motifs is 9. The normalized spacial score (nSPS) is 12.2. The summed E-state index contributed by atoms with van der Waals surface area (Å²) in [5, 5.41) is 15.1. The fourth-order valence-electron chi connectivity index (χ4n) is 9.09. The van der Waals surface area contributed by atoms with E-state index in [0.29, 0.717) is 0 Å². The van der Waals surface area contributed by atoms with E-state index in [2.05, 4.69) is 179 Å². The lowest BCUT2D eigenvalue weighted by Crippen LogP contribution is -1.97. The first-order valence-corrected chi connectivity index (χ1v) is 17.9. The number of hydrogen-bond donors (Lipinski definition) is 0. The lowest BCUT2D eigenvalue weighted by Gasteiger charge is -2.15. The Labute approximate surface area is 298 Å². The average molecular weight is 660 g/mol. The van der Waals surface area contributed by atoms with E-state index in [9.17, 15) is 0 Å². The molecule has 3 nitrogen and oxygen atoms in total. The van der Waals surface area contributed by atoms with Crippen molar-refractivity contribution in [1.82, 2.24) is 14.1 Å². The first-order valence-electron chi connectivity index (χ1n) is 17.9. The third-order valence-corrected chi connectivity index (χ3v) is 11.3. The van der Waals surface area contributed by atoms with Gasteiger partial charge in [0.2, 0.25) is 0 Å². The van der Waals surface area contributed by atoms with Crippen molar-refractivity contribution >= 4 is 86.7 Å². The SMILES string of the molecule is c1ccc(-n2c3ccccc3c3cc(-c4ccc5c6c4c4ccc7ccccc7c4c4cccc(c46)n5-c4cc5ccccc5cn4)ccc32)cc1. The summed E-state index contributed by atoms with van der Waals surface area (Å²) in [6.07, 6.45) is 2.00. The van der Waals surface area contributed by atoms with Gasteiger partial charge in [-0.2, -0.15) is 0 Å². The number of rotatable bonds is 3. The highest BCUT2D eigenvalue weighted by Gasteiger charge is 2.24. The molecule has 12 rings (SSSR count). The van der Waals surface area contributed by atoms with E-state index in [-0.39, 0.29) is 0 Å². The van der Waals surface area contributed by atoms with Crippen LogP contribution in [0.15, 0.2) is 176 Å². The van der Waals surface area contributed by atoms with Crippen LogP contribution in [-0.2, 0) is 0 Å². The van der Waals surface area contributed by atoms with Crippen molar-refractivity contribution in [1.29, 1.82) is 0 Å². The lowest BCUT2D eigenvalue weighted by atomic mass is 9.87. The highest BCUT2D eigenvalue weighted by atomic mass is 15.1. The second kappa shape index (κ2) is 10.3. The summed E-state index contributed by atoms with van der Waals surface area (Å²) in [6.45, 7) is 0.